The monoisotopic (exact) mass is 424 g/mol. The van der Waals surface area contributed by atoms with E-state index in [4.69, 9.17) is 4.98 Å². The van der Waals surface area contributed by atoms with Gasteiger partial charge in [-0.15, -0.1) is 0 Å². The molecule has 0 spiro atoms. The third-order valence-corrected chi connectivity index (χ3v) is 7.84. The molecule has 2 saturated carbocycles. The summed E-state index contributed by atoms with van der Waals surface area (Å²) in [6.07, 6.45) is 10.5. The molecule has 1 aromatic carbocycles. The highest BCUT2D eigenvalue weighted by Gasteiger charge is 2.39. The summed E-state index contributed by atoms with van der Waals surface area (Å²) in [5.74, 6) is 2.32. The van der Waals surface area contributed by atoms with Crippen molar-refractivity contribution < 1.29 is 9.90 Å². The van der Waals surface area contributed by atoms with E-state index < -0.39 is 5.60 Å². The Morgan fingerprint density at radius 2 is 1.90 bits per heavy atom. The first kappa shape index (κ1) is 22.5. The molecule has 0 saturated heterocycles. The second kappa shape index (κ2) is 8.03. The van der Waals surface area contributed by atoms with Crippen LogP contribution in [0.25, 0.3) is 11.0 Å². The Morgan fingerprint density at radius 1 is 1.19 bits per heavy atom. The van der Waals surface area contributed by atoms with Crippen LogP contribution in [0.2, 0.25) is 0 Å². The van der Waals surface area contributed by atoms with Crippen LogP contribution in [0.15, 0.2) is 18.2 Å². The number of hydrogen-bond donors (Lipinski definition) is 1. The maximum Gasteiger partial charge on any atom is 0.133 e. The second-order valence-electron chi connectivity index (χ2n) is 11.7. The van der Waals surface area contributed by atoms with Crippen LogP contribution in [0.3, 0.4) is 0 Å². The van der Waals surface area contributed by atoms with Gasteiger partial charge in [-0.25, -0.2) is 4.98 Å². The molecule has 2 aromatic rings. The summed E-state index contributed by atoms with van der Waals surface area (Å²) in [4.78, 5) is 17.5. The van der Waals surface area contributed by atoms with Crippen LogP contribution in [-0.2, 0) is 22.4 Å². The van der Waals surface area contributed by atoms with E-state index in [9.17, 15) is 9.90 Å². The van der Waals surface area contributed by atoms with Crippen molar-refractivity contribution in [2.75, 3.05) is 0 Å². The Hall–Kier alpha value is -1.68. The minimum absolute atomic E-state index is 0.117. The number of imidazole rings is 1. The fraction of sp³-hybridized carbons (Fsp3) is 0.704. The summed E-state index contributed by atoms with van der Waals surface area (Å²) in [5.41, 5.74) is 2.52. The fourth-order valence-corrected chi connectivity index (χ4v) is 5.40. The number of rotatable bonds is 10. The van der Waals surface area contributed by atoms with Crippen LogP contribution < -0.4 is 0 Å². The largest absolute Gasteiger partial charge is 0.386 e. The molecule has 0 unspecified atom stereocenters. The molecule has 2 aliphatic carbocycles. The summed E-state index contributed by atoms with van der Waals surface area (Å²) in [5, 5.41) is 10.5. The van der Waals surface area contributed by atoms with E-state index in [1.165, 1.54) is 32.1 Å². The molecule has 4 nitrogen and oxygen atoms in total. The van der Waals surface area contributed by atoms with E-state index in [-0.39, 0.29) is 11.0 Å². The van der Waals surface area contributed by atoms with E-state index in [0.29, 0.717) is 12.2 Å². The number of nitrogens with zero attached hydrogens (tertiary/aromatic N) is 2. The Kier molecular flexibility index (Phi) is 5.83. The van der Waals surface area contributed by atoms with Crippen molar-refractivity contribution in [1.29, 1.82) is 0 Å². The first-order valence-electron chi connectivity index (χ1n) is 12.3. The van der Waals surface area contributed by atoms with Crippen LogP contribution in [0, 0.1) is 11.3 Å². The highest BCUT2D eigenvalue weighted by atomic mass is 16.3. The fourth-order valence-electron chi connectivity index (χ4n) is 5.40. The SMILES string of the molecule is CC(C)(O)c1ccc2nc(CCCCC(=O)CC(C)(C)C3CC3)n(C3(C)CCC3)c2c1. The molecule has 31 heavy (non-hydrogen) atoms. The van der Waals surface area contributed by atoms with Gasteiger partial charge >= 0.3 is 0 Å². The van der Waals surface area contributed by atoms with Crippen molar-refractivity contribution in [2.24, 2.45) is 11.3 Å². The van der Waals surface area contributed by atoms with Gasteiger partial charge in [-0.2, -0.15) is 0 Å². The number of aliphatic hydroxyl groups is 1. The number of unbranched alkanes of at least 4 members (excludes halogenated alkanes) is 1. The van der Waals surface area contributed by atoms with E-state index in [0.717, 1.165) is 54.0 Å². The summed E-state index contributed by atoms with van der Waals surface area (Å²) in [6.45, 7) is 10.5. The minimum atomic E-state index is -0.863. The highest BCUT2D eigenvalue weighted by Crippen LogP contribution is 2.47. The van der Waals surface area contributed by atoms with Gasteiger partial charge in [0.2, 0.25) is 0 Å². The Bertz CT molecular complexity index is 956. The summed E-state index contributed by atoms with van der Waals surface area (Å²) < 4.78 is 2.44. The van der Waals surface area contributed by atoms with Gasteiger partial charge < -0.3 is 9.67 Å². The molecule has 4 heteroatoms. The van der Waals surface area contributed by atoms with Crippen molar-refractivity contribution in [2.45, 2.75) is 110 Å². The number of benzene rings is 1. The zero-order valence-corrected chi connectivity index (χ0v) is 20.1. The van der Waals surface area contributed by atoms with Gasteiger partial charge in [-0.1, -0.05) is 19.9 Å². The van der Waals surface area contributed by atoms with Crippen molar-refractivity contribution in [1.82, 2.24) is 9.55 Å². The van der Waals surface area contributed by atoms with E-state index in [2.05, 4.69) is 31.4 Å². The molecule has 2 aliphatic rings. The Labute approximate surface area is 187 Å². The van der Waals surface area contributed by atoms with Crippen LogP contribution >= 0.6 is 0 Å². The third-order valence-electron chi connectivity index (χ3n) is 7.84. The lowest BCUT2D eigenvalue weighted by molar-refractivity contribution is -0.121. The van der Waals surface area contributed by atoms with Crippen LogP contribution in [-0.4, -0.2) is 20.4 Å². The van der Waals surface area contributed by atoms with Crippen LogP contribution in [0.5, 0.6) is 0 Å². The predicted octanol–water partition coefficient (Wildman–Crippen LogP) is 6.27. The smallest absolute Gasteiger partial charge is 0.133 e. The lowest BCUT2D eigenvalue weighted by atomic mass is 9.78. The van der Waals surface area contributed by atoms with E-state index >= 15 is 0 Å². The molecule has 170 valence electrons. The molecule has 0 radical (unpaired) electrons. The second-order valence-corrected chi connectivity index (χ2v) is 11.7. The van der Waals surface area contributed by atoms with Gasteiger partial charge in [0.25, 0.3) is 0 Å². The molecule has 1 aromatic heterocycles. The van der Waals surface area contributed by atoms with Gasteiger partial charge in [0, 0.05) is 24.8 Å². The maximum absolute atomic E-state index is 12.5. The van der Waals surface area contributed by atoms with Crippen LogP contribution in [0.4, 0.5) is 0 Å². The molecule has 1 N–H and O–H groups in total. The number of hydrogen-bond acceptors (Lipinski definition) is 3. The number of carbonyl (C=O) groups excluding carboxylic acids is 1. The Morgan fingerprint density at radius 3 is 2.48 bits per heavy atom. The molecule has 2 fully saturated rings. The molecule has 0 atom stereocenters. The summed E-state index contributed by atoms with van der Waals surface area (Å²) in [6, 6.07) is 6.17. The van der Waals surface area contributed by atoms with Gasteiger partial charge in [0.1, 0.15) is 11.6 Å². The Balaban J connectivity index is 1.45. The molecule has 0 bridgehead atoms. The molecular formula is C27H40N2O2. The quantitative estimate of drug-likeness (QED) is 0.457. The zero-order valence-electron chi connectivity index (χ0n) is 20.1. The molecule has 0 aliphatic heterocycles. The van der Waals surface area contributed by atoms with Gasteiger partial charge in [0.15, 0.2) is 0 Å². The van der Waals surface area contributed by atoms with Gasteiger partial charge in [-0.05, 0) is 94.7 Å². The molecule has 0 amide bonds. The lowest BCUT2D eigenvalue weighted by Crippen LogP contribution is -2.38. The van der Waals surface area contributed by atoms with Crippen molar-refractivity contribution in [3.8, 4) is 0 Å². The molecule has 1 heterocycles. The van der Waals surface area contributed by atoms with E-state index in [1.54, 1.807) is 0 Å². The third kappa shape index (κ3) is 4.74. The number of Topliss-reactive ketones (excluding diaryl/α,β-unsaturated/α-hetero) is 1. The standard InChI is InChI=1S/C27H40N2O2/c1-25(2,19-11-12-19)18-21(30)9-6-7-10-24-28-22-14-13-20(26(3,4)31)17-23(22)29(24)27(5)15-8-16-27/h13-14,17,19,31H,6-12,15-16,18H2,1-5H3. The molecular weight excluding hydrogens is 384 g/mol. The maximum atomic E-state index is 12.5. The number of carbonyl (C=O) groups is 1. The molecule has 4 rings (SSSR count). The normalized spacial score (nSPS) is 18.9. The number of aromatic nitrogens is 2. The predicted molar refractivity (Wildman–Crippen MR) is 126 cm³/mol. The summed E-state index contributed by atoms with van der Waals surface area (Å²) >= 11 is 0. The zero-order chi connectivity index (χ0) is 22.4. The first-order chi connectivity index (χ1) is 14.5. The lowest BCUT2D eigenvalue weighted by Gasteiger charge is -2.41. The summed E-state index contributed by atoms with van der Waals surface area (Å²) in [7, 11) is 0. The highest BCUT2D eigenvalue weighted by molar-refractivity contribution is 5.79. The average molecular weight is 425 g/mol. The first-order valence-corrected chi connectivity index (χ1v) is 12.3. The number of aryl methyl sites for hydroxylation is 1. The van der Waals surface area contributed by atoms with Crippen molar-refractivity contribution >= 4 is 16.8 Å². The number of ketones is 1. The van der Waals surface area contributed by atoms with Gasteiger partial charge in [-0.3, -0.25) is 4.79 Å². The number of fused-ring (bicyclic) bond motifs is 1. The minimum Gasteiger partial charge on any atom is -0.386 e. The topological polar surface area (TPSA) is 55.1 Å². The van der Waals surface area contributed by atoms with E-state index in [1.807, 2.05) is 26.0 Å². The van der Waals surface area contributed by atoms with Crippen LogP contribution in [0.1, 0.15) is 104 Å². The van der Waals surface area contributed by atoms with Crippen molar-refractivity contribution in [3.63, 3.8) is 0 Å². The van der Waals surface area contributed by atoms with Crippen molar-refractivity contribution in [3.05, 3.63) is 29.6 Å². The average Bonchev–Trinajstić information content (AvgIpc) is 3.44. The van der Waals surface area contributed by atoms with Gasteiger partial charge in [0.05, 0.1) is 16.6 Å².